The van der Waals surface area contributed by atoms with Crippen LogP contribution in [0, 0.1) is 0 Å². The number of carbonyl (C=O) groups excluding carboxylic acids is 1. The fourth-order valence-electron chi connectivity index (χ4n) is 3.64. The normalized spacial score (nSPS) is 14.4. The van der Waals surface area contributed by atoms with E-state index in [0.29, 0.717) is 37.8 Å². The monoisotopic (exact) mass is 552 g/mol. The van der Waals surface area contributed by atoms with Crippen LogP contribution >= 0.6 is 46.2 Å². The van der Waals surface area contributed by atoms with Gasteiger partial charge in [0.2, 0.25) is 5.91 Å². The molecule has 1 aliphatic rings. The summed E-state index contributed by atoms with van der Waals surface area (Å²) < 4.78 is 15.3. The minimum Gasteiger partial charge on any atom is -0.448 e. The number of morpholine rings is 1. The topological polar surface area (TPSA) is 80.8 Å². The number of aromatic nitrogens is 2. The van der Waals surface area contributed by atoms with Gasteiger partial charge in [-0.1, -0.05) is 23.9 Å². The molecule has 1 amide bonds. The predicted molar refractivity (Wildman–Crippen MR) is 147 cm³/mol. The summed E-state index contributed by atoms with van der Waals surface area (Å²) in [6, 6.07) is 17.9. The van der Waals surface area contributed by atoms with Crippen molar-refractivity contribution in [3.05, 3.63) is 60.4 Å². The predicted octanol–water partition coefficient (Wildman–Crippen LogP) is 6.35. The second-order valence-corrected chi connectivity index (χ2v) is 12.4. The molecule has 0 radical (unpaired) electrons. The Kier molecular flexibility index (Phi) is 7.06. The molecule has 2 aromatic carbocycles. The molecular formula is C25H20N4O3S4. The number of hydrogen-bond acceptors (Lipinski definition) is 10. The van der Waals surface area contributed by atoms with Crippen LogP contribution < -0.4 is 0 Å². The average Bonchev–Trinajstić information content (AvgIpc) is 3.64. The summed E-state index contributed by atoms with van der Waals surface area (Å²) in [4.78, 5) is 28.1. The molecule has 36 heavy (non-hydrogen) atoms. The van der Waals surface area contributed by atoms with Gasteiger partial charge in [0, 0.05) is 13.1 Å². The van der Waals surface area contributed by atoms with Crippen molar-refractivity contribution in [2.45, 2.75) is 13.8 Å². The van der Waals surface area contributed by atoms with E-state index in [2.05, 4.69) is 21.0 Å². The highest BCUT2D eigenvalue weighted by Gasteiger charge is 2.17. The van der Waals surface area contributed by atoms with Crippen molar-refractivity contribution in [3.8, 4) is 0 Å². The summed E-state index contributed by atoms with van der Waals surface area (Å²) in [5.41, 5.74) is 2.73. The van der Waals surface area contributed by atoms with Crippen molar-refractivity contribution in [3.63, 3.8) is 0 Å². The van der Waals surface area contributed by atoms with Crippen molar-refractivity contribution < 1.29 is 13.9 Å². The number of thioether (sulfide) groups is 1. The van der Waals surface area contributed by atoms with E-state index in [1.807, 2.05) is 53.4 Å². The minimum atomic E-state index is 0.131. The third kappa shape index (κ3) is 5.50. The number of benzene rings is 2. The van der Waals surface area contributed by atoms with Crippen LogP contribution in [0.3, 0.4) is 0 Å². The van der Waals surface area contributed by atoms with E-state index in [1.54, 1.807) is 28.9 Å². The number of furan rings is 1. The lowest BCUT2D eigenvalue weighted by molar-refractivity contribution is -0.132. The maximum atomic E-state index is 12.4. The number of aliphatic imine (C=N–C) groups is 1. The van der Waals surface area contributed by atoms with Crippen molar-refractivity contribution in [1.82, 2.24) is 14.9 Å². The Balaban J connectivity index is 1.09. The highest BCUT2D eigenvalue weighted by molar-refractivity contribution is 8.01. The molecule has 6 rings (SSSR count). The van der Waals surface area contributed by atoms with Crippen LogP contribution in [-0.2, 0) is 9.53 Å². The largest absolute Gasteiger partial charge is 0.448 e. The third-order valence-electron chi connectivity index (χ3n) is 5.44. The van der Waals surface area contributed by atoms with E-state index >= 15 is 0 Å². The van der Waals surface area contributed by atoms with Crippen LogP contribution in [0.2, 0.25) is 0 Å². The first-order chi connectivity index (χ1) is 17.7. The first kappa shape index (κ1) is 23.7. The Hall–Kier alpha value is -2.70. The molecule has 1 aliphatic heterocycles. The van der Waals surface area contributed by atoms with Gasteiger partial charge in [0.1, 0.15) is 5.76 Å². The maximum Gasteiger partial charge on any atom is 0.233 e. The summed E-state index contributed by atoms with van der Waals surface area (Å²) in [7, 11) is 0. The van der Waals surface area contributed by atoms with Gasteiger partial charge in [-0.05, 0) is 54.2 Å². The second-order valence-electron chi connectivity index (χ2n) is 7.88. The zero-order chi connectivity index (χ0) is 24.3. The van der Waals surface area contributed by atoms with Crippen LogP contribution in [0.5, 0.6) is 0 Å². The number of ether oxygens (including phenoxy) is 1. The van der Waals surface area contributed by atoms with Crippen LogP contribution in [0.25, 0.3) is 20.4 Å². The maximum absolute atomic E-state index is 12.4. The van der Waals surface area contributed by atoms with Gasteiger partial charge in [-0.3, -0.25) is 9.79 Å². The van der Waals surface area contributed by atoms with Gasteiger partial charge in [-0.25, -0.2) is 9.97 Å². The molecule has 0 N–H and O–H groups in total. The number of hydrogen-bond donors (Lipinski definition) is 0. The standard InChI is InChI=1S/C25H20N4O3S4/c30-22(29-9-11-31-12-10-29)15-33-24-27-19-7-5-16(13-21(19)35-24)26-14-17-6-8-23(32-17)36-25-28-18-3-1-2-4-20(18)34-25/h1-8,13-14H,9-12,15H2. The summed E-state index contributed by atoms with van der Waals surface area (Å²) in [5.74, 6) is 1.20. The van der Waals surface area contributed by atoms with E-state index in [0.717, 1.165) is 39.9 Å². The quantitative estimate of drug-likeness (QED) is 0.172. The molecular weight excluding hydrogens is 533 g/mol. The number of rotatable bonds is 7. The van der Waals surface area contributed by atoms with Gasteiger partial charge in [-0.2, -0.15) is 0 Å². The first-order valence-electron chi connectivity index (χ1n) is 11.3. The second kappa shape index (κ2) is 10.7. The molecule has 1 saturated heterocycles. The highest BCUT2D eigenvalue weighted by Crippen LogP contribution is 2.35. The zero-order valence-corrected chi connectivity index (χ0v) is 22.2. The van der Waals surface area contributed by atoms with E-state index in [-0.39, 0.29) is 5.91 Å². The van der Waals surface area contributed by atoms with Gasteiger partial charge >= 0.3 is 0 Å². The Labute approximate surface area is 223 Å². The van der Waals surface area contributed by atoms with Crippen molar-refractivity contribution in [1.29, 1.82) is 0 Å². The van der Waals surface area contributed by atoms with Crippen LogP contribution in [0.1, 0.15) is 5.76 Å². The Morgan fingerprint density at radius 3 is 2.69 bits per heavy atom. The van der Waals surface area contributed by atoms with Crippen molar-refractivity contribution >= 4 is 84.4 Å². The third-order valence-corrected chi connectivity index (χ3v) is 9.60. The molecule has 11 heteroatoms. The van der Waals surface area contributed by atoms with E-state index in [9.17, 15) is 4.79 Å². The summed E-state index contributed by atoms with van der Waals surface area (Å²) >= 11 is 6.23. The van der Waals surface area contributed by atoms with Gasteiger partial charge in [0.15, 0.2) is 13.8 Å². The molecule has 3 aromatic heterocycles. The lowest BCUT2D eigenvalue weighted by Crippen LogP contribution is -2.41. The summed E-state index contributed by atoms with van der Waals surface area (Å²) in [5, 5.41) is 0.779. The Morgan fingerprint density at radius 1 is 1.00 bits per heavy atom. The molecule has 0 bridgehead atoms. The highest BCUT2D eigenvalue weighted by atomic mass is 32.2. The first-order valence-corrected chi connectivity index (χ1v) is 14.7. The van der Waals surface area contributed by atoms with Crippen LogP contribution in [0.4, 0.5) is 5.69 Å². The molecule has 182 valence electrons. The van der Waals surface area contributed by atoms with E-state index < -0.39 is 0 Å². The molecule has 0 unspecified atom stereocenters. The van der Waals surface area contributed by atoms with Crippen molar-refractivity contribution in [2.24, 2.45) is 4.99 Å². The van der Waals surface area contributed by atoms with Gasteiger partial charge in [-0.15, -0.1) is 22.7 Å². The zero-order valence-electron chi connectivity index (χ0n) is 19.0. The van der Waals surface area contributed by atoms with Gasteiger partial charge < -0.3 is 14.1 Å². The summed E-state index contributed by atoms with van der Waals surface area (Å²) in [6.45, 7) is 2.56. The van der Waals surface area contributed by atoms with Gasteiger partial charge in [0.25, 0.3) is 0 Å². The SMILES string of the molecule is O=C(CSc1nc2ccc(N=Cc3ccc(Sc4nc5ccccc5s4)o3)cc2s1)N1CCOCC1. The fraction of sp³-hybridized carbons (Fsp3) is 0.200. The Bertz CT molecular complexity index is 1520. The Morgan fingerprint density at radius 2 is 1.81 bits per heavy atom. The van der Waals surface area contributed by atoms with Crippen LogP contribution in [-0.4, -0.2) is 59.0 Å². The molecule has 7 nitrogen and oxygen atoms in total. The van der Waals surface area contributed by atoms with E-state index in [1.165, 1.54) is 23.5 Å². The minimum absolute atomic E-state index is 0.131. The molecule has 0 saturated carbocycles. The van der Waals surface area contributed by atoms with E-state index in [4.69, 9.17) is 9.15 Å². The fourth-order valence-corrected chi connectivity index (χ4v) is 7.61. The number of nitrogens with zero attached hydrogens (tertiary/aromatic N) is 4. The van der Waals surface area contributed by atoms with Crippen LogP contribution in [0.15, 0.2) is 77.8 Å². The lowest BCUT2D eigenvalue weighted by atomic mass is 10.3. The molecule has 0 spiro atoms. The molecule has 0 atom stereocenters. The molecule has 1 fully saturated rings. The number of amides is 1. The number of fused-ring (bicyclic) bond motifs is 2. The van der Waals surface area contributed by atoms with Gasteiger partial charge in [0.05, 0.1) is 51.3 Å². The van der Waals surface area contributed by atoms with Crippen molar-refractivity contribution in [2.75, 3.05) is 32.1 Å². The average molecular weight is 553 g/mol. The molecule has 0 aliphatic carbocycles. The summed E-state index contributed by atoms with van der Waals surface area (Å²) in [6.07, 6.45) is 1.72. The number of para-hydroxylation sites is 1. The lowest BCUT2D eigenvalue weighted by Gasteiger charge is -2.26. The molecule has 4 heterocycles. The molecule has 5 aromatic rings. The smallest absolute Gasteiger partial charge is 0.233 e. The number of thiazole rings is 2. The number of carbonyl (C=O) groups is 1.